The molecule has 0 aliphatic carbocycles. The fourth-order valence-corrected chi connectivity index (χ4v) is 2.47. The predicted molar refractivity (Wildman–Crippen MR) is 96.8 cm³/mol. The van der Waals surface area contributed by atoms with Crippen LogP contribution in [0.3, 0.4) is 0 Å². The van der Waals surface area contributed by atoms with Crippen LogP contribution in [0.2, 0.25) is 5.02 Å². The van der Waals surface area contributed by atoms with Crippen LogP contribution in [0.15, 0.2) is 48.0 Å². The SMILES string of the molecule is CC(=O)C(=Cc1ccc(Cl)c([N+](=O)[O-])c1)C(=O)Nc1ccccc1C(F)(F)F. The molecule has 0 bridgehead atoms. The third-order valence-electron chi connectivity index (χ3n) is 3.58. The van der Waals surface area contributed by atoms with Crippen LogP contribution < -0.4 is 5.32 Å². The molecule has 28 heavy (non-hydrogen) atoms. The van der Waals surface area contributed by atoms with Crippen molar-refractivity contribution in [3.8, 4) is 0 Å². The summed E-state index contributed by atoms with van der Waals surface area (Å²) in [5.41, 5.74) is -2.40. The van der Waals surface area contributed by atoms with Gasteiger partial charge in [0.15, 0.2) is 5.78 Å². The lowest BCUT2D eigenvalue weighted by Crippen LogP contribution is -2.21. The first kappa shape index (κ1) is 21.1. The van der Waals surface area contributed by atoms with Gasteiger partial charge in [0, 0.05) is 6.07 Å². The van der Waals surface area contributed by atoms with Crippen molar-refractivity contribution in [1.82, 2.24) is 0 Å². The molecule has 0 unspecified atom stereocenters. The summed E-state index contributed by atoms with van der Waals surface area (Å²) >= 11 is 5.71. The second-order valence-corrected chi connectivity index (χ2v) is 5.99. The molecule has 0 heterocycles. The molecular formula is C18H12ClF3N2O4. The number of hydrogen-bond acceptors (Lipinski definition) is 4. The van der Waals surface area contributed by atoms with Crippen molar-refractivity contribution in [3.05, 3.63) is 74.3 Å². The molecule has 2 aromatic rings. The van der Waals surface area contributed by atoms with E-state index in [1.54, 1.807) is 0 Å². The maximum absolute atomic E-state index is 13.1. The van der Waals surface area contributed by atoms with Gasteiger partial charge in [-0.15, -0.1) is 0 Å². The van der Waals surface area contributed by atoms with Gasteiger partial charge in [0.2, 0.25) is 0 Å². The van der Waals surface area contributed by atoms with Crippen LogP contribution in [0.25, 0.3) is 6.08 Å². The molecule has 0 atom stereocenters. The summed E-state index contributed by atoms with van der Waals surface area (Å²) in [7, 11) is 0. The molecule has 146 valence electrons. The second kappa shape index (κ2) is 8.22. The third kappa shape index (κ3) is 4.95. The van der Waals surface area contributed by atoms with Gasteiger partial charge in [-0.1, -0.05) is 29.8 Å². The van der Waals surface area contributed by atoms with Crippen molar-refractivity contribution in [2.45, 2.75) is 13.1 Å². The minimum absolute atomic E-state index is 0.112. The Morgan fingerprint density at radius 3 is 2.39 bits per heavy atom. The van der Waals surface area contributed by atoms with E-state index in [-0.39, 0.29) is 10.6 Å². The zero-order chi connectivity index (χ0) is 21.1. The quantitative estimate of drug-likeness (QED) is 0.249. The maximum Gasteiger partial charge on any atom is 0.418 e. The number of anilines is 1. The molecule has 0 spiro atoms. The molecule has 2 aromatic carbocycles. The number of halogens is 4. The van der Waals surface area contributed by atoms with Crippen LogP contribution in [0, 0.1) is 10.1 Å². The van der Waals surface area contributed by atoms with Crippen molar-refractivity contribution in [3.63, 3.8) is 0 Å². The second-order valence-electron chi connectivity index (χ2n) is 5.58. The molecule has 0 aliphatic rings. The van der Waals surface area contributed by atoms with Crippen molar-refractivity contribution in [2.24, 2.45) is 0 Å². The van der Waals surface area contributed by atoms with E-state index in [1.807, 2.05) is 0 Å². The predicted octanol–water partition coefficient (Wildman–Crippen LogP) is 4.88. The van der Waals surface area contributed by atoms with Gasteiger partial charge < -0.3 is 5.32 Å². The minimum Gasteiger partial charge on any atom is -0.321 e. The number of carbonyl (C=O) groups is 2. The largest absolute Gasteiger partial charge is 0.418 e. The average Bonchev–Trinajstić information content (AvgIpc) is 2.59. The summed E-state index contributed by atoms with van der Waals surface area (Å²) in [6.07, 6.45) is -3.67. The van der Waals surface area contributed by atoms with Gasteiger partial charge in [-0.25, -0.2) is 0 Å². The van der Waals surface area contributed by atoms with Crippen LogP contribution in [0.4, 0.5) is 24.5 Å². The van der Waals surface area contributed by atoms with Crippen LogP contribution in [-0.2, 0) is 15.8 Å². The molecule has 2 rings (SSSR count). The van der Waals surface area contributed by atoms with E-state index in [0.29, 0.717) is 0 Å². The Hall–Kier alpha value is -3.20. The van der Waals surface area contributed by atoms with Gasteiger partial charge in [0.25, 0.3) is 11.6 Å². The monoisotopic (exact) mass is 412 g/mol. The van der Waals surface area contributed by atoms with Crippen LogP contribution in [0.5, 0.6) is 0 Å². The molecule has 0 aliphatic heterocycles. The number of carbonyl (C=O) groups excluding carboxylic acids is 2. The lowest BCUT2D eigenvalue weighted by Gasteiger charge is -2.14. The van der Waals surface area contributed by atoms with Crippen LogP contribution in [-0.4, -0.2) is 16.6 Å². The van der Waals surface area contributed by atoms with Gasteiger partial charge in [-0.05, 0) is 36.8 Å². The van der Waals surface area contributed by atoms with E-state index < -0.39 is 45.3 Å². The average molecular weight is 413 g/mol. The van der Waals surface area contributed by atoms with E-state index >= 15 is 0 Å². The fraction of sp³-hybridized carbons (Fsp3) is 0.111. The number of nitrogens with zero attached hydrogens (tertiary/aromatic N) is 1. The standard InChI is InChI=1S/C18H12ClF3N2O4/c1-10(25)12(8-11-6-7-14(19)16(9-11)24(27)28)17(26)23-15-5-3-2-4-13(15)18(20,21)22/h2-9H,1H3,(H,23,26). The molecular weight excluding hydrogens is 401 g/mol. The molecule has 0 fully saturated rings. The Bertz CT molecular complexity index is 987. The third-order valence-corrected chi connectivity index (χ3v) is 3.90. The summed E-state index contributed by atoms with van der Waals surface area (Å²) < 4.78 is 39.2. The molecule has 10 heteroatoms. The zero-order valence-corrected chi connectivity index (χ0v) is 15.0. The first-order chi connectivity index (χ1) is 13.0. The lowest BCUT2D eigenvalue weighted by molar-refractivity contribution is -0.384. The van der Waals surface area contributed by atoms with E-state index in [9.17, 15) is 32.9 Å². The van der Waals surface area contributed by atoms with Gasteiger partial charge >= 0.3 is 6.18 Å². The number of nitro benzene ring substituents is 1. The summed E-state index contributed by atoms with van der Waals surface area (Å²) in [4.78, 5) is 34.4. The number of nitro groups is 1. The number of Topliss-reactive ketones (excluding diaryl/α,β-unsaturated/α-hetero) is 1. The summed E-state index contributed by atoms with van der Waals surface area (Å²) in [6.45, 7) is 1.05. The lowest BCUT2D eigenvalue weighted by atomic mass is 10.1. The van der Waals surface area contributed by atoms with Crippen molar-refractivity contribution < 1.29 is 27.7 Å². The number of para-hydroxylation sites is 1. The fourth-order valence-electron chi connectivity index (χ4n) is 2.28. The number of ketones is 1. The molecule has 0 radical (unpaired) electrons. The number of alkyl halides is 3. The molecule has 1 amide bonds. The molecule has 0 aromatic heterocycles. The topological polar surface area (TPSA) is 89.3 Å². The number of nitrogens with one attached hydrogen (secondary N) is 1. The number of amides is 1. The normalized spacial score (nSPS) is 11.8. The van der Waals surface area contributed by atoms with Crippen molar-refractivity contribution in [2.75, 3.05) is 5.32 Å². The van der Waals surface area contributed by atoms with Crippen LogP contribution >= 0.6 is 11.6 Å². The molecule has 6 nitrogen and oxygen atoms in total. The maximum atomic E-state index is 13.1. The Labute approximate surface area is 161 Å². The smallest absolute Gasteiger partial charge is 0.321 e. The summed E-state index contributed by atoms with van der Waals surface area (Å²) in [5, 5.41) is 12.9. The Balaban J connectivity index is 2.42. The van der Waals surface area contributed by atoms with Gasteiger partial charge in [0.1, 0.15) is 5.02 Å². The van der Waals surface area contributed by atoms with E-state index in [4.69, 9.17) is 11.6 Å². The Morgan fingerprint density at radius 1 is 1.18 bits per heavy atom. The first-order valence-corrected chi connectivity index (χ1v) is 8.02. The van der Waals surface area contributed by atoms with Gasteiger partial charge in [0.05, 0.1) is 21.7 Å². The Kier molecular flexibility index (Phi) is 6.19. The van der Waals surface area contributed by atoms with Crippen molar-refractivity contribution in [1.29, 1.82) is 0 Å². The zero-order valence-electron chi connectivity index (χ0n) is 14.2. The van der Waals surface area contributed by atoms with Gasteiger partial charge in [-0.3, -0.25) is 19.7 Å². The minimum atomic E-state index is -4.71. The van der Waals surface area contributed by atoms with Crippen LogP contribution in [0.1, 0.15) is 18.1 Å². The first-order valence-electron chi connectivity index (χ1n) is 7.65. The number of rotatable bonds is 5. The highest BCUT2D eigenvalue weighted by molar-refractivity contribution is 6.32. The summed E-state index contributed by atoms with van der Waals surface area (Å²) in [5.74, 6) is -1.82. The van der Waals surface area contributed by atoms with Gasteiger partial charge in [-0.2, -0.15) is 13.2 Å². The highest BCUT2D eigenvalue weighted by Crippen LogP contribution is 2.34. The highest BCUT2D eigenvalue weighted by atomic mass is 35.5. The molecule has 1 N–H and O–H groups in total. The Morgan fingerprint density at radius 2 is 1.82 bits per heavy atom. The van der Waals surface area contributed by atoms with E-state index in [0.717, 1.165) is 37.3 Å². The van der Waals surface area contributed by atoms with E-state index in [1.165, 1.54) is 18.2 Å². The molecule has 0 saturated carbocycles. The summed E-state index contributed by atoms with van der Waals surface area (Å²) in [6, 6.07) is 7.87. The highest BCUT2D eigenvalue weighted by Gasteiger charge is 2.34. The number of hydrogen-bond donors (Lipinski definition) is 1. The van der Waals surface area contributed by atoms with E-state index in [2.05, 4.69) is 5.32 Å². The molecule has 0 saturated heterocycles. The van der Waals surface area contributed by atoms with Crippen molar-refractivity contribution >= 4 is 40.7 Å². The number of benzene rings is 2.